The van der Waals surface area contributed by atoms with Gasteiger partial charge in [0.2, 0.25) is 0 Å². The van der Waals surface area contributed by atoms with Crippen LogP contribution < -0.4 is 10.6 Å². The first-order chi connectivity index (χ1) is 8.70. The van der Waals surface area contributed by atoms with Crippen LogP contribution in [-0.4, -0.2) is 16.5 Å². The van der Waals surface area contributed by atoms with Crippen molar-refractivity contribution in [2.75, 3.05) is 17.2 Å². The first kappa shape index (κ1) is 13.8. The second-order valence-corrected chi connectivity index (χ2v) is 6.82. The quantitative estimate of drug-likeness (QED) is 0.805. The summed E-state index contributed by atoms with van der Waals surface area (Å²) in [5, 5.41) is 6.47. The monoisotopic (exact) mass is 390 g/mol. The molecule has 0 aliphatic heterocycles. The van der Waals surface area contributed by atoms with Crippen LogP contribution in [0.2, 0.25) is 0 Å². The number of nitrogens with zero attached hydrogens (tertiary/aromatic N) is 2. The van der Waals surface area contributed by atoms with Crippen LogP contribution in [0.4, 0.5) is 11.6 Å². The van der Waals surface area contributed by atoms with Gasteiger partial charge in [0.05, 0.1) is 10.3 Å². The standard InChI is InChI=1S/C11H12Br2N4S/c1-2-14-10-9(13)11(17-6-16-10)15-5-7-3-4-8(12)18-7/h3-4,6H,2,5H2,1H3,(H2,14,15,16,17). The molecule has 0 saturated carbocycles. The molecule has 0 radical (unpaired) electrons. The summed E-state index contributed by atoms with van der Waals surface area (Å²) in [6, 6.07) is 4.13. The van der Waals surface area contributed by atoms with Gasteiger partial charge in [-0.25, -0.2) is 9.97 Å². The molecule has 0 fully saturated rings. The lowest BCUT2D eigenvalue weighted by molar-refractivity contribution is 1.07. The molecular weight excluding hydrogens is 380 g/mol. The Bertz CT molecular complexity index is 530. The summed E-state index contributed by atoms with van der Waals surface area (Å²) < 4.78 is 2.00. The molecule has 2 N–H and O–H groups in total. The number of anilines is 2. The van der Waals surface area contributed by atoms with Crippen LogP contribution in [0.1, 0.15) is 11.8 Å². The molecular formula is C11H12Br2N4S. The Hall–Kier alpha value is -0.660. The fraction of sp³-hybridized carbons (Fsp3) is 0.273. The van der Waals surface area contributed by atoms with Crippen molar-refractivity contribution in [1.29, 1.82) is 0 Å². The van der Waals surface area contributed by atoms with E-state index in [0.29, 0.717) is 0 Å². The summed E-state index contributed by atoms with van der Waals surface area (Å²) in [5.74, 6) is 1.60. The van der Waals surface area contributed by atoms with E-state index in [1.807, 2.05) is 13.0 Å². The van der Waals surface area contributed by atoms with E-state index in [1.54, 1.807) is 17.7 Å². The second kappa shape index (κ2) is 6.49. The average molecular weight is 392 g/mol. The molecule has 7 heteroatoms. The molecule has 0 bridgehead atoms. The van der Waals surface area contributed by atoms with Gasteiger partial charge in [-0.1, -0.05) is 0 Å². The number of thiophene rings is 1. The molecule has 0 spiro atoms. The molecule has 2 aromatic heterocycles. The average Bonchev–Trinajstić information content (AvgIpc) is 2.77. The van der Waals surface area contributed by atoms with Crippen LogP contribution in [0.3, 0.4) is 0 Å². The molecule has 18 heavy (non-hydrogen) atoms. The lowest BCUT2D eigenvalue weighted by atomic mass is 10.4. The van der Waals surface area contributed by atoms with Gasteiger partial charge in [-0.15, -0.1) is 11.3 Å². The smallest absolute Gasteiger partial charge is 0.146 e. The van der Waals surface area contributed by atoms with Crippen LogP contribution in [0.25, 0.3) is 0 Å². The number of rotatable bonds is 5. The minimum atomic E-state index is 0.747. The van der Waals surface area contributed by atoms with Gasteiger partial charge in [-0.2, -0.15) is 0 Å². The molecule has 0 aliphatic carbocycles. The normalized spacial score (nSPS) is 10.4. The van der Waals surface area contributed by atoms with Crippen LogP contribution in [0.5, 0.6) is 0 Å². The molecule has 0 saturated heterocycles. The van der Waals surface area contributed by atoms with E-state index < -0.39 is 0 Å². The largest absolute Gasteiger partial charge is 0.369 e. The maximum absolute atomic E-state index is 4.23. The van der Waals surface area contributed by atoms with Crippen molar-refractivity contribution >= 4 is 54.8 Å². The first-order valence-corrected chi connectivity index (χ1v) is 7.83. The predicted molar refractivity (Wildman–Crippen MR) is 83.2 cm³/mol. The van der Waals surface area contributed by atoms with Crippen molar-refractivity contribution in [3.05, 3.63) is 31.6 Å². The van der Waals surface area contributed by atoms with Gasteiger partial charge >= 0.3 is 0 Å². The van der Waals surface area contributed by atoms with Crippen molar-refractivity contribution in [2.45, 2.75) is 13.5 Å². The molecule has 0 atom stereocenters. The highest BCUT2D eigenvalue weighted by atomic mass is 79.9. The fourth-order valence-electron chi connectivity index (χ4n) is 1.40. The minimum Gasteiger partial charge on any atom is -0.369 e. The lowest BCUT2D eigenvalue weighted by Gasteiger charge is -2.09. The zero-order chi connectivity index (χ0) is 13.0. The topological polar surface area (TPSA) is 49.8 Å². The summed E-state index contributed by atoms with van der Waals surface area (Å²) in [7, 11) is 0. The van der Waals surface area contributed by atoms with Gasteiger partial charge in [0.1, 0.15) is 22.4 Å². The second-order valence-electron chi connectivity index (χ2n) is 3.47. The van der Waals surface area contributed by atoms with E-state index >= 15 is 0 Å². The summed E-state index contributed by atoms with van der Waals surface area (Å²) in [6.45, 7) is 3.61. The Balaban J connectivity index is 2.07. The molecule has 0 unspecified atom stereocenters. The predicted octanol–water partition coefficient (Wildman–Crippen LogP) is 4.11. The zero-order valence-corrected chi connectivity index (χ0v) is 13.7. The molecule has 0 aromatic carbocycles. The minimum absolute atomic E-state index is 0.747. The highest BCUT2D eigenvalue weighted by Gasteiger charge is 2.08. The van der Waals surface area contributed by atoms with Gasteiger partial charge < -0.3 is 10.6 Å². The van der Waals surface area contributed by atoms with Crippen molar-refractivity contribution < 1.29 is 0 Å². The van der Waals surface area contributed by atoms with E-state index in [0.717, 1.165) is 33.0 Å². The third kappa shape index (κ3) is 3.43. The Morgan fingerprint density at radius 3 is 2.50 bits per heavy atom. The Morgan fingerprint density at radius 2 is 1.89 bits per heavy atom. The van der Waals surface area contributed by atoms with Gasteiger partial charge in [0, 0.05) is 11.4 Å². The van der Waals surface area contributed by atoms with E-state index in [1.165, 1.54) is 4.88 Å². The van der Waals surface area contributed by atoms with Crippen molar-refractivity contribution in [3.63, 3.8) is 0 Å². The van der Waals surface area contributed by atoms with Crippen LogP contribution >= 0.6 is 43.2 Å². The zero-order valence-electron chi connectivity index (χ0n) is 9.70. The highest BCUT2D eigenvalue weighted by molar-refractivity contribution is 9.11. The number of nitrogens with one attached hydrogen (secondary N) is 2. The number of hydrogen-bond donors (Lipinski definition) is 2. The van der Waals surface area contributed by atoms with Gasteiger partial charge in [0.25, 0.3) is 0 Å². The third-order valence-electron chi connectivity index (χ3n) is 2.19. The van der Waals surface area contributed by atoms with Gasteiger partial charge in [-0.3, -0.25) is 0 Å². The van der Waals surface area contributed by atoms with E-state index in [9.17, 15) is 0 Å². The van der Waals surface area contributed by atoms with Crippen LogP contribution in [0.15, 0.2) is 26.7 Å². The number of hydrogen-bond acceptors (Lipinski definition) is 5. The summed E-state index contributed by atoms with van der Waals surface area (Å²) in [6.07, 6.45) is 1.55. The molecule has 4 nitrogen and oxygen atoms in total. The first-order valence-electron chi connectivity index (χ1n) is 5.43. The Kier molecular flexibility index (Phi) is 4.96. The maximum atomic E-state index is 4.23. The van der Waals surface area contributed by atoms with Crippen LogP contribution in [0, 0.1) is 0 Å². The van der Waals surface area contributed by atoms with Crippen molar-refractivity contribution in [1.82, 2.24) is 9.97 Å². The van der Waals surface area contributed by atoms with Crippen molar-refractivity contribution in [2.24, 2.45) is 0 Å². The SMILES string of the molecule is CCNc1ncnc(NCc2ccc(Br)s2)c1Br. The van der Waals surface area contributed by atoms with E-state index in [-0.39, 0.29) is 0 Å². The molecule has 0 aliphatic rings. The Morgan fingerprint density at radius 1 is 1.17 bits per heavy atom. The van der Waals surface area contributed by atoms with Gasteiger partial charge in [0.15, 0.2) is 0 Å². The van der Waals surface area contributed by atoms with Crippen molar-refractivity contribution in [3.8, 4) is 0 Å². The summed E-state index contributed by atoms with van der Waals surface area (Å²) >= 11 is 8.66. The summed E-state index contributed by atoms with van der Waals surface area (Å²) in [5.41, 5.74) is 0. The molecule has 2 rings (SSSR count). The van der Waals surface area contributed by atoms with Gasteiger partial charge in [-0.05, 0) is 50.9 Å². The molecule has 0 amide bonds. The molecule has 96 valence electrons. The third-order valence-corrected chi connectivity index (χ3v) is 4.57. The number of aromatic nitrogens is 2. The lowest BCUT2D eigenvalue weighted by Crippen LogP contribution is -2.05. The van der Waals surface area contributed by atoms with E-state index in [2.05, 4.69) is 58.5 Å². The molecule has 2 aromatic rings. The fourth-order valence-corrected chi connectivity index (χ4v) is 3.31. The highest BCUT2D eigenvalue weighted by Crippen LogP contribution is 2.28. The summed E-state index contributed by atoms with van der Waals surface area (Å²) in [4.78, 5) is 9.65. The maximum Gasteiger partial charge on any atom is 0.146 e. The van der Waals surface area contributed by atoms with Crippen LogP contribution in [-0.2, 0) is 6.54 Å². The number of halogens is 2. The molecule has 2 heterocycles. The van der Waals surface area contributed by atoms with E-state index in [4.69, 9.17) is 0 Å². The Labute approximate surface area is 126 Å².